The van der Waals surface area contributed by atoms with Gasteiger partial charge >= 0.3 is 5.97 Å². The number of carboxylic acids is 1. The predicted molar refractivity (Wildman–Crippen MR) is 182 cm³/mol. The standard InChI is InChI=1S/C38H73NO3/c40-37-39-36-34-32-30-28-26-24-22-20-18-16-14-12-10-8-6-4-2-1-3-5-7-9-11-13-15-17-19-21-23-25-27-29-31-33-35-38(41)42/h1-36H2,(H,41,42). The summed E-state index contributed by atoms with van der Waals surface area (Å²) in [5, 5.41) is 8.64. The Morgan fingerprint density at radius 2 is 0.548 bits per heavy atom. The molecule has 0 aliphatic heterocycles. The molecule has 0 atom stereocenters. The maximum absolute atomic E-state index is 10.5. The number of isocyanates is 1. The number of hydrogen-bond donors (Lipinski definition) is 1. The van der Waals surface area contributed by atoms with Crippen LogP contribution in [0.5, 0.6) is 0 Å². The zero-order valence-electron chi connectivity index (χ0n) is 28.2. The summed E-state index contributed by atoms with van der Waals surface area (Å²) in [5.74, 6) is -0.652. The van der Waals surface area contributed by atoms with Crippen molar-refractivity contribution >= 4 is 12.0 Å². The quantitative estimate of drug-likeness (QED) is 0.0444. The maximum atomic E-state index is 10.5. The van der Waals surface area contributed by atoms with Crippen molar-refractivity contribution in [3.8, 4) is 0 Å². The van der Waals surface area contributed by atoms with E-state index >= 15 is 0 Å². The van der Waals surface area contributed by atoms with E-state index in [9.17, 15) is 9.59 Å². The third-order valence-corrected chi connectivity index (χ3v) is 8.98. The summed E-state index contributed by atoms with van der Waals surface area (Å²) in [6.07, 6.45) is 48.4. The summed E-state index contributed by atoms with van der Waals surface area (Å²) < 4.78 is 0. The summed E-state index contributed by atoms with van der Waals surface area (Å²) in [5.41, 5.74) is 0. The van der Waals surface area contributed by atoms with Gasteiger partial charge in [-0.1, -0.05) is 205 Å². The molecule has 0 amide bonds. The Morgan fingerprint density at radius 1 is 0.357 bits per heavy atom. The highest BCUT2D eigenvalue weighted by atomic mass is 16.4. The Hall–Kier alpha value is -1.15. The highest BCUT2D eigenvalue weighted by Crippen LogP contribution is 2.17. The van der Waals surface area contributed by atoms with Crippen LogP contribution in [0, 0.1) is 0 Å². The molecule has 0 spiro atoms. The molecule has 0 saturated carbocycles. The predicted octanol–water partition coefficient (Wildman–Crippen LogP) is 13.1. The zero-order chi connectivity index (χ0) is 30.4. The fourth-order valence-corrected chi connectivity index (χ4v) is 6.17. The molecule has 42 heavy (non-hydrogen) atoms. The van der Waals surface area contributed by atoms with Gasteiger partial charge < -0.3 is 5.11 Å². The fraction of sp³-hybridized carbons (Fsp3) is 0.947. The summed E-state index contributed by atoms with van der Waals surface area (Å²) in [6, 6.07) is 0. The number of nitrogens with zero attached hydrogens (tertiary/aromatic N) is 1. The summed E-state index contributed by atoms with van der Waals surface area (Å²) in [4.78, 5) is 24.1. The highest BCUT2D eigenvalue weighted by molar-refractivity contribution is 5.66. The Morgan fingerprint density at radius 3 is 0.738 bits per heavy atom. The second kappa shape index (κ2) is 37.9. The molecule has 0 unspecified atom stereocenters. The molecule has 1 N–H and O–H groups in total. The molecule has 0 aromatic rings. The molecule has 0 aromatic carbocycles. The van der Waals surface area contributed by atoms with Gasteiger partial charge in [-0.05, 0) is 12.8 Å². The van der Waals surface area contributed by atoms with Crippen LogP contribution in [0.4, 0.5) is 0 Å². The topological polar surface area (TPSA) is 66.7 Å². The first-order valence-corrected chi connectivity index (χ1v) is 19.0. The van der Waals surface area contributed by atoms with Crippen molar-refractivity contribution in [1.82, 2.24) is 0 Å². The van der Waals surface area contributed by atoms with Crippen LogP contribution in [0.25, 0.3) is 0 Å². The second-order valence-electron chi connectivity index (χ2n) is 13.1. The van der Waals surface area contributed by atoms with Gasteiger partial charge in [-0.25, -0.2) is 9.79 Å². The third-order valence-electron chi connectivity index (χ3n) is 8.98. The maximum Gasteiger partial charge on any atom is 0.303 e. The van der Waals surface area contributed by atoms with Crippen molar-refractivity contribution in [1.29, 1.82) is 0 Å². The lowest BCUT2D eigenvalue weighted by Crippen LogP contribution is -1.93. The van der Waals surface area contributed by atoms with E-state index in [0.29, 0.717) is 13.0 Å². The largest absolute Gasteiger partial charge is 0.481 e. The van der Waals surface area contributed by atoms with Gasteiger partial charge in [0.2, 0.25) is 6.08 Å². The molecule has 0 heterocycles. The first-order chi connectivity index (χ1) is 20.8. The molecule has 248 valence electrons. The molecule has 0 aliphatic rings. The van der Waals surface area contributed by atoms with E-state index in [1.165, 1.54) is 199 Å². The van der Waals surface area contributed by atoms with Gasteiger partial charge in [0.25, 0.3) is 0 Å². The lowest BCUT2D eigenvalue weighted by molar-refractivity contribution is -0.137. The average molecular weight is 592 g/mol. The van der Waals surface area contributed by atoms with Crippen molar-refractivity contribution in [2.75, 3.05) is 6.54 Å². The number of carbonyl (C=O) groups excluding carboxylic acids is 1. The minimum atomic E-state index is -0.652. The van der Waals surface area contributed by atoms with Crippen LogP contribution in [-0.2, 0) is 9.59 Å². The van der Waals surface area contributed by atoms with Crippen molar-refractivity contribution in [2.24, 2.45) is 4.99 Å². The van der Waals surface area contributed by atoms with E-state index in [1.54, 1.807) is 6.08 Å². The Kier molecular flexibility index (Phi) is 36.8. The van der Waals surface area contributed by atoms with E-state index in [1.807, 2.05) is 0 Å². The van der Waals surface area contributed by atoms with Gasteiger partial charge in [0, 0.05) is 6.42 Å². The van der Waals surface area contributed by atoms with Crippen LogP contribution in [0.2, 0.25) is 0 Å². The van der Waals surface area contributed by atoms with Crippen LogP contribution in [-0.4, -0.2) is 23.7 Å². The minimum Gasteiger partial charge on any atom is -0.481 e. The van der Waals surface area contributed by atoms with E-state index in [-0.39, 0.29) is 0 Å². The number of carbonyl (C=O) groups is 1. The van der Waals surface area contributed by atoms with E-state index < -0.39 is 5.97 Å². The smallest absolute Gasteiger partial charge is 0.303 e. The van der Waals surface area contributed by atoms with Crippen LogP contribution < -0.4 is 0 Å². The number of hydrogen-bond acceptors (Lipinski definition) is 3. The highest BCUT2D eigenvalue weighted by Gasteiger charge is 1.98. The molecular formula is C38H73NO3. The normalized spacial score (nSPS) is 11.1. The molecular weight excluding hydrogens is 518 g/mol. The number of aliphatic carboxylic acids is 1. The number of carboxylic acid groups (broad SMARTS) is 1. The van der Waals surface area contributed by atoms with Crippen LogP contribution in [0.1, 0.15) is 225 Å². The summed E-state index contributed by atoms with van der Waals surface area (Å²) in [7, 11) is 0. The third kappa shape index (κ3) is 38.9. The van der Waals surface area contributed by atoms with Gasteiger partial charge in [-0.15, -0.1) is 0 Å². The molecule has 0 rings (SSSR count). The molecule has 0 aromatic heterocycles. The molecule has 0 radical (unpaired) electrons. The van der Waals surface area contributed by atoms with Crippen molar-refractivity contribution in [2.45, 2.75) is 225 Å². The molecule has 4 nitrogen and oxygen atoms in total. The van der Waals surface area contributed by atoms with E-state index in [4.69, 9.17) is 5.11 Å². The van der Waals surface area contributed by atoms with Crippen molar-refractivity contribution < 1.29 is 14.7 Å². The van der Waals surface area contributed by atoms with Gasteiger partial charge in [0.15, 0.2) is 0 Å². The molecule has 0 fully saturated rings. The number of rotatable bonds is 37. The van der Waals surface area contributed by atoms with Gasteiger partial charge in [-0.2, -0.15) is 0 Å². The van der Waals surface area contributed by atoms with Gasteiger partial charge in [-0.3, -0.25) is 4.79 Å². The van der Waals surface area contributed by atoms with Crippen LogP contribution >= 0.6 is 0 Å². The summed E-state index contributed by atoms with van der Waals surface area (Å²) in [6.45, 7) is 0.663. The number of unbranched alkanes of at least 4 members (excludes halogenated alkanes) is 33. The summed E-state index contributed by atoms with van der Waals surface area (Å²) >= 11 is 0. The molecule has 0 aliphatic carbocycles. The fourth-order valence-electron chi connectivity index (χ4n) is 6.17. The monoisotopic (exact) mass is 592 g/mol. The molecule has 0 bridgehead atoms. The Labute approximate surface area is 262 Å². The average Bonchev–Trinajstić information content (AvgIpc) is 2.98. The lowest BCUT2D eigenvalue weighted by atomic mass is 10.0. The SMILES string of the molecule is O=C=NCCCCCCCCCCCCCCCCCCCCCCCCCCCCCCCCCCCCC(=O)O. The second-order valence-corrected chi connectivity index (χ2v) is 13.1. The van der Waals surface area contributed by atoms with Gasteiger partial charge in [0.1, 0.15) is 0 Å². The Balaban J connectivity index is 3.04. The van der Waals surface area contributed by atoms with Crippen LogP contribution in [0.3, 0.4) is 0 Å². The molecule has 0 saturated heterocycles. The van der Waals surface area contributed by atoms with Crippen molar-refractivity contribution in [3.05, 3.63) is 0 Å². The van der Waals surface area contributed by atoms with Crippen LogP contribution in [0.15, 0.2) is 4.99 Å². The molecule has 4 heteroatoms. The van der Waals surface area contributed by atoms with Crippen molar-refractivity contribution in [3.63, 3.8) is 0 Å². The van der Waals surface area contributed by atoms with E-state index in [0.717, 1.165) is 19.3 Å². The van der Waals surface area contributed by atoms with Gasteiger partial charge in [0.05, 0.1) is 6.54 Å². The minimum absolute atomic E-state index is 0.342. The first-order valence-electron chi connectivity index (χ1n) is 19.0. The lowest BCUT2D eigenvalue weighted by Gasteiger charge is -2.05. The Bertz CT molecular complexity index is 537. The number of aliphatic imine (C=N–C) groups is 1. The first kappa shape index (κ1) is 40.9. The zero-order valence-corrected chi connectivity index (χ0v) is 28.2. The van der Waals surface area contributed by atoms with E-state index in [2.05, 4.69) is 4.99 Å².